The zero-order valence-electron chi connectivity index (χ0n) is 19.3. The maximum atomic E-state index is 2.60. The standard InChI is InChI=1S/C24H47NSi/c1-9-10-11-12-13-14-15-16-17-18-19-25(6)23-21(3)20(2)22(4)24(23,5)26(7)8/h26H,9-19H2,1-8H3. The normalized spacial score (nSPS) is 20.7. The fourth-order valence-corrected chi connectivity index (χ4v) is 6.82. The van der Waals surface area contributed by atoms with E-state index in [4.69, 9.17) is 0 Å². The zero-order valence-corrected chi connectivity index (χ0v) is 20.5. The third-order valence-electron chi connectivity index (χ3n) is 7.13. The number of unbranched alkanes of at least 4 members (excludes halogenated alkanes) is 9. The molecule has 0 bridgehead atoms. The molecule has 1 aliphatic carbocycles. The summed E-state index contributed by atoms with van der Waals surface area (Å²) in [6.45, 7) is 18.1. The number of rotatable bonds is 13. The van der Waals surface area contributed by atoms with Gasteiger partial charge in [0.2, 0.25) is 0 Å². The lowest BCUT2D eigenvalue weighted by atomic mass is 10.00. The summed E-state index contributed by atoms with van der Waals surface area (Å²) in [5.41, 5.74) is 6.39. The van der Waals surface area contributed by atoms with Gasteiger partial charge in [-0.25, -0.2) is 0 Å². The minimum Gasteiger partial charge on any atom is -0.377 e. The molecule has 0 aromatic carbocycles. The molecule has 0 fully saturated rings. The Bertz CT molecular complexity index is 488. The van der Waals surface area contributed by atoms with E-state index in [-0.39, 0.29) is 0 Å². The highest BCUT2D eigenvalue weighted by molar-refractivity contribution is 6.61. The van der Waals surface area contributed by atoms with Crippen LogP contribution >= 0.6 is 0 Å². The fourth-order valence-electron chi connectivity index (χ4n) is 4.75. The van der Waals surface area contributed by atoms with Gasteiger partial charge in [0, 0.05) is 33.1 Å². The number of nitrogens with zero attached hydrogens (tertiary/aromatic N) is 1. The second kappa shape index (κ2) is 11.4. The Hall–Kier alpha value is -0.503. The molecule has 1 rings (SSSR count). The SMILES string of the molecule is CCCCCCCCCCCCN(C)C1=C(C)C(C)=C(C)C1(C)[SiH](C)C. The topological polar surface area (TPSA) is 3.24 Å². The average molecular weight is 378 g/mol. The number of allylic oxidation sites excluding steroid dienone is 3. The molecule has 2 heteroatoms. The van der Waals surface area contributed by atoms with E-state index in [0.29, 0.717) is 5.04 Å². The first kappa shape index (κ1) is 23.5. The molecule has 26 heavy (non-hydrogen) atoms. The summed E-state index contributed by atoms with van der Waals surface area (Å²) in [5, 5.41) is 0.349. The van der Waals surface area contributed by atoms with E-state index in [9.17, 15) is 0 Å². The van der Waals surface area contributed by atoms with Gasteiger partial charge in [0.25, 0.3) is 0 Å². The maximum absolute atomic E-state index is 2.60. The first-order valence-electron chi connectivity index (χ1n) is 11.4. The van der Waals surface area contributed by atoms with Crippen LogP contribution in [0.15, 0.2) is 22.4 Å². The Morgan fingerprint density at radius 2 is 1.23 bits per heavy atom. The lowest BCUT2D eigenvalue weighted by molar-refractivity contribution is 0.368. The van der Waals surface area contributed by atoms with E-state index in [1.54, 1.807) is 22.4 Å². The van der Waals surface area contributed by atoms with Crippen molar-refractivity contribution in [1.29, 1.82) is 0 Å². The van der Waals surface area contributed by atoms with E-state index in [0.717, 1.165) is 0 Å². The molecular weight excluding hydrogens is 330 g/mol. The second-order valence-electron chi connectivity index (χ2n) is 9.18. The molecule has 0 radical (unpaired) electrons. The molecule has 0 amide bonds. The van der Waals surface area contributed by atoms with Crippen LogP contribution in [0, 0.1) is 0 Å². The fraction of sp³-hybridized carbons (Fsp3) is 0.833. The molecule has 0 N–H and O–H groups in total. The van der Waals surface area contributed by atoms with Gasteiger partial charge in [0.05, 0.1) is 0 Å². The summed E-state index contributed by atoms with van der Waals surface area (Å²) in [4.78, 5) is 2.60. The molecule has 1 nitrogen and oxygen atoms in total. The summed E-state index contributed by atoms with van der Waals surface area (Å²) in [5.74, 6) is 0. The Kier molecular flexibility index (Phi) is 10.3. The Balaban J connectivity index is 2.36. The van der Waals surface area contributed by atoms with Crippen molar-refractivity contribution in [3.05, 3.63) is 22.4 Å². The number of hydrogen-bond acceptors (Lipinski definition) is 1. The predicted octanol–water partition coefficient (Wildman–Crippen LogP) is 7.71. The van der Waals surface area contributed by atoms with Crippen LogP contribution in [0.1, 0.15) is 98.8 Å². The Morgan fingerprint density at radius 3 is 1.69 bits per heavy atom. The minimum atomic E-state index is -0.813. The van der Waals surface area contributed by atoms with E-state index in [1.807, 2.05) is 0 Å². The number of hydrogen-bond donors (Lipinski definition) is 0. The maximum Gasteiger partial charge on any atom is 0.0494 e. The van der Waals surface area contributed by atoms with Crippen molar-refractivity contribution < 1.29 is 0 Å². The summed E-state index contributed by atoms with van der Waals surface area (Å²) in [6, 6.07) is 0. The first-order chi connectivity index (χ1) is 12.3. The van der Waals surface area contributed by atoms with Crippen LogP contribution in [0.4, 0.5) is 0 Å². The largest absolute Gasteiger partial charge is 0.377 e. The Labute approximate surface area is 166 Å². The molecule has 0 aromatic rings. The van der Waals surface area contributed by atoms with Crippen LogP contribution < -0.4 is 0 Å². The summed E-state index contributed by atoms with van der Waals surface area (Å²) < 4.78 is 0. The Morgan fingerprint density at radius 1 is 0.769 bits per heavy atom. The quantitative estimate of drug-likeness (QED) is 0.235. The van der Waals surface area contributed by atoms with Crippen LogP contribution in [0.5, 0.6) is 0 Å². The van der Waals surface area contributed by atoms with Crippen LogP contribution in [0.25, 0.3) is 0 Å². The average Bonchev–Trinajstić information content (AvgIpc) is 2.78. The molecule has 0 saturated carbocycles. The molecule has 0 aromatic heterocycles. The van der Waals surface area contributed by atoms with E-state index in [2.05, 4.69) is 59.7 Å². The van der Waals surface area contributed by atoms with Gasteiger partial charge in [-0.2, -0.15) is 0 Å². The van der Waals surface area contributed by atoms with E-state index < -0.39 is 8.80 Å². The third-order valence-corrected chi connectivity index (χ3v) is 10.2. The molecule has 0 heterocycles. The second-order valence-corrected chi connectivity index (χ2v) is 12.6. The van der Waals surface area contributed by atoms with E-state index in [1.165, 1.54) is 70.8 Å². The van der Waals surface area contributed by atoms with Gasteiger partial charge < -0.3 is 4.90 Å². The molecule has 0 aliphatic heterocycles. The monoisotopic (exact) mass is 377 g/mol. The van der Waals surface area contributed by atoms with Crippen LogP contribution in [-0.2, 0) is 0 Å². The van der Waals surface area contributed by atoms with Gasteiger partial charge >= 0.3 is 0 Å². The molecule has 1 aliphatic rings. The third kappa shape index (κ3) is 5.75. The highest BCUT2D eigenvalue weighted by Gasteiger charge is 2.43. The van der Waals surface area contributed by atoms with Crippen molar-refractivity contribution in [2.75, 3.05) is 13.6 Å². The van der Waals surface area contributed by atoms with Crippen LogP contribution in [0.3, 0.4) is 0 Å². The highest BCUT2D eigenvalue weighted by atomic mass is 28.3. The van der Waals surface area contributed by atoms with Gasteiger partial charge in [0.15, 0.2) is 0 Å². The van der Waals surface area contributed by atoms with Crippen LogP contribution in [0.2, 0.25) is 18.1 Å². The first-order valence-corrected chi connectivity index (χ1v) is 14.3. The van der Waals surface area contributed by atoms with Crippen LogP contribution in [-0.4, -0.2) is 27.3 Å². The van der Waals surface area contributed by atoms with Crippen molar-refractivity contribution in [2.24, 2.45) is 0 Å². The van der Waals surface area contributed by atoms with E-state index >= 15 is 0 Å². The van der Waals surface area contributed by atoms with Gasteiger partial charge in [-0.05, 0) is 38.3 Å². The molecule has 1 atom stereocenters. The van der Waals surface area contributed by atoms with Crippen molar-refractivity contribution >= 4 is 8.80 Å². The molecule has 0 spiro atoms. The molecular formula is C24H47NSi. The zero-order chi connectivity index (χ0) is 19.7. The van der Waals surface area contributed by atoms with Crippen molar-refractivity contribution in [2.45, 2.75) is 117 Å². The van der Waals surface area contributed by atoms with Crippen molar-refractivity contribution in [3.63, 3.8) is 0 Å². The minimum absolute atomic E-state index is 0.349. The molecule has 152 valence electrons. The smallest absolute Gasteiger partial charge is 0.0494 e. The summed E-state index contributed by atoms with van der Waals surface area (Å²) >= 11 is 0. The molecule has 1 unspecified atom stereocenters. The summed E-state index contributed by atoms with van der Waals surface area (Å²) in [7, 11) is 1.53. The lowest BCUT2D eigenvalue weighted by Gasteiger charge is -2.39. The molecule has 0 saturated heterocycles. The van der Waals surface area contributed by atoms with Gasteiger partial charge in [-0.1, -0.05) is 90.3 Å². The highest BCUT2D eigenvalue weighted by Crippen LogP contribution is 2.55. The van der Waals surface area contributed by atoms with Gasteiger partial charge in [-0.3, -0.25) is 0 Å². The van der Waals surface area contributed by atoms with Crippen molar-refractivity contribution in [3.8, 4) is 0 Å². The summed E-state index contributed by atoms with van der Waals surface area (Å²) in [6.07, 6.45) is 14.2. The van der Waals surface area contributed by atoms with Gasteiger partial charge in [0.1, 0.15) is 0 Å². The predicted molar refractivity (Wildman–Crippen MR) is 123 cm³/mol. The van der Waals surface area contributed by atoms with Gasteiger partial charge in [-0.15, -0.1) is 0 Å². The van der Waals surface area contributed by atoms with Crippen molar-refractivity contribution in [1.82, 2.24) is 4.90 Å². The lowest BCUT2D eigenvalue weighted by Crippen LogP contribution is -2.34.